The zero-order chi connectivity index (χ0) is 21.8. The van der Waals surface area contributed by atoms with E-state index >= 15 is 0 Å². The number of urea groups is 2. The van der Waals surface area contributed by atoms with Gasteiger partial charge in [0, 0.05) is 34.8 Å². The number of unbranched alkanes of at least 4 members (excludes halogenated alkanes) is 2. The van der Waals surface area contributed by atoms with Crippen molar-refractivity contribution in [1.29, 1.82) is 0 Å². The Morgan fingerprint density at radius 1 is 0.742 bits per heavy atom. The van der Waals surface area contributed by atoms with Gasteiger partial charge < -0.3 is 26.0 Å². The normalized spacial score (nSPS) is 33.2. The Kier molecular flexibility index (Phi) is 7.52. The molecule has 0 bridgehead atoms. The Hall–Kier alpha value is -1.62. The van der Waals surface area contributed by atoms with Crippen LogP contribution in [0.1, 0.15) is 51.4 Å². The molecule has 4 aliphatic rings. The first-order valence-corrected chi connectivity index (χ1v) is 13.2. The molecule has 4 N–H and O–H groups in total. The molecule has 0 aromatic carbocycles. The van der Waals surface area contributed by atoms with Gasteiger partial charge in [-0.25, -0.2) is 9.59 Å². The van der Waals surface area contributed by atoms with E-state index in [1.165, 1.54) is 0 Å². The largest absolute Gasteiger partial charge is 0.393 e. The number of fused-ring (bicyclic) bond motifs is 2. The number of carbonyl (C=O) groups excluding carboxylic acids is 4. The van der Waals surface area contributed by atoms with E-state index in [-0.39, 0.29) is 49.1 Å². The molecule has 0 saturated carbocycles. The van der Waals surface area contributed by atoms with Gasteiger partial charge in [0.1, 0.15) is 0 Å². The number of amides is 4. The van der Waals surface area contributed by atoms with Gasteiger partial charge in [-0.1, -0.05) is 12.8 Å². The molecule has 0 unspecified atom stereocenters. The summed E-state index contributed by atoms with van der Waals surface area (Å²) in [6.07, 6.45) is 5.47. The van der Waals surface area contributed by atoms with Crippen LogP contribution in [0.25, 0.3) is 0 Å². The van der Waals surface area contributed by atoms with Gasteiger partial charge in [-0.2, -0.15) is 23.5 Å². The van der Waals surface area contributed by atoms with Gasteiger partial charge >= 0.3 is 24.0 Å². The van der Waals surface area contributed by atoms with E-state index in [4.69, 9.17) is 4.74 Å². The van der Waals surface area contributed by atoms with Crippen LogP contribution in [-0.2, 0) is 14.3 Å². The smallest absolute Gasteiger partial charge is 0.315 e. The van der Waals surface area contributed by atoms with Crippen LogP contribution in [-0.4, -0.2) is 70.2 Å². The third-order valence-corrected chi connectivity index (χ3v) is 9.36. The minimum absolute atomic E-state index is 0.0871. The highest BCUT2D eigenvalue weighted by atomic mass is 32.2. The van der Waals surface area contributed by atoms with E-state index in [9.17, 15) is 19.2 Å². The number of nitrogens with one attached hydrogen (secondary N) is 4. The van der Waals surface area contributed by atoms with Crippen molar-refractivity contribution >= 4 is 47.5 Å². The second-order valence-corrected chi connectivity index (χ2v) is 11.1. The maximum atomic E-state index is 11.9. The Morgan fingerprint density at radius 2 is 1.19 bits per heavy atom. The van der Waals surface area contributed by atoms with Gasteiger partial charge in [-0.15, -0.1) is 0 Å². The highest BCUT2D eigenvalue weighted by Crippen LogP contribution is 2.34. The molecule has 31 heavy (non-hydrogen) atoms. The second kappa shape index (κ2) is 10.3. The molecule has 4 fully saturated rings. The van der Waals surface area contributed by atoms with Gasteiger partial charge in [0.25, 0.3) is 0 Å². The Balaban J connectivity index is 1.02. The number of hydrogen-bond acceptors (Lipinski definition) is 7. The maximum Gasteiger partial charge on any atom is 0.315 e. The fraction of sp³-hybridized carbons (Fsp3) is 0.800. The van der Waals surface area contributed by atoms with Crippen LogP contribution in [0.5, 0.6) is 0 Å². The van der Waals surface area contributed by atoms with Crippen LogP contribution in [0.2, 0.25) is 0 Å². The SMILES string of the molecule is O=C1N[C@@H]2[C@@H](CS[C@@H]2CCCCC(=O)OC(=O)CCCC[C@H]2SC[C@H]3NC(=O)N[C@H]32)N1. The molecular formula is C20H30N4O5S2. The molecule has 0 aromatic rings. The third kappa shape index (κ3) is 5.79. The minimum Gasteiger partial charge on any atom is -0.393 e. The summed E-state index contributed by atoms with van der Waals surface area (Å²) < 4.78 is 4.94. The highest BCUT2D eigenvalue weighted by Gasteiger charge is 2.43. The summed E-state index contributed by atoms with van der Waals surface area (Å²) in [5, 5.41) is 12.5. The Labute approximate surface area is 190 Å². The summed E-state index contributed by atoms with van der Waals surface area (Å²) in [4.78, 5) is 46.6. The summed E-state index contributed by atoms with van der Waals surface area (Å²) in [6.45, 7) is 0. The fourth-order valence-electron chi connectivity index (χ4n) is 4.74. The van der Waals surface area contributed by atoms with Crippen LogP contribution in [0.4, 0.5) is 9.59 Å². The van der Waals surface area contributed by atoms with Crippen molar-refractivity contribution in [2.24, 2.45) is 0 Å². The lowest BCUT2D eigenvalue weighted by Crippen LogP contribution is -2.36. The molecule has 0 aliphatic carbocycles. The Bertz CT molecular complexity index is 666. The number of esters is 2. The van der Waals surface area contributed by atoms with Gasteiger partial charge in [-0.3, -0.25) is 9.59 Å². The van der Waals surface area contributed by atoms with E-state index in [0.29, 0.717) is 23.3 Å². The summed E-state index contributed by atoms with van der Waals surface area (Å²) in [6, 6.07) is 0.619. The predicted molar refractivity (Wildman–Crippen MR) is 119 cm³/mol. The molecule has 0 aromatic heterocycles. The van der Waals surface area contributed by atoms with E-state index < -0.39 is 11.9 Å². The van der Waals surface area contributed by atoms with Crippen LogP contribution < -0.4 is 21.3 Å². The minimum atomic E-state index is -0.452. The molecule has 4 aliphatic heterocycles. The van der Waals surface area contributed by atoms with Crippen molar-refractivity contribution in [1.82, 2.24) is 21.3 Å². The zero-order valence-corrected chi connectivity index (χ0v) is 19.0. The quantitative estimate of drug-likeness (QED) is 0.165. The number of hydrogen-bond donors (Lipinski definition) is 4. The summed E-state index contributed by atoms with van der Waals surface area (Å²) in [5.41, 5.74) is 0. The van der Waals surface area contributed by atoms with Crippen LogP contribution in [0.15, 0.2) is 0 Å². The molecule has 0 radical (unpaired) electrons. The van der Waals surface area contributed by atoms with Crippen LogP contribution in [0.3, 0.4) is 0 Å². The lowest BCUT2D eigenvalue weighted by molar-refractivity contribution is -0.159. The molecule has 9 nitrogen and oxygen atoms in total. The number of thioether (sulfide) groups is 2. The van der Waals surface area contributed by atoms with Gasteiger partial charge in [-0.05, 0) is 25.7 Å². The number of ether oxygens (including phenoxy) is 1. The van der Waals surface area contributed by atoms with Crippen molar-refractivity contribution in [3.8, 4) is 0 Å². The van der Waals surface area contributed by atoms with Crippen LogP contribution in [0, 0.1) is 0 Å². The average molecular weight is 471 g/mol. The maximum absolute atomic E-state index is 11.9. The Morgan fingerprint density at radius 3 is 1.65 bits per heavy atom. The third-order valence-electron chi connectivity index (χ3n) is 6.34. The first-order valence-electron chi connectivity index (χ1n) is 11.1. The lowest BCUT2D eigenvalue weighted by atomic mass is 10.0. The van der Waals surface area contributed by atoms with Gasteiger partial charge in [0.15, 0.2) is 0 Å². The first kappa shape index (κ1) is 22.6. The summed E-state index contributed by atoms with van der Waals surface area (Å²) in [5.74, 6) is 0.951. The first-order chi connectivity index (χ1) is 15.0. The zero-order valence-electron chi connectivity index (χ0n) is 17.4. The molecule has 172 valence electrons. The number of carbonyl (C=O) groups is 4. The van der Waals surface area contributed by atoms with Crippen LogP contribution >= 0.6 is 23.5 Å². The molecule has 11 heteroatoms. The molecule has 6 atom stereocenters. The van der Waals surface area contributed by atoms with Crippen molar-refractivity contribution in [2.75, 3.05) is 11.5 Å². The van der Waals surface area contributed by atoms with Crippen molar-refractivity contribution in [3.63, 3.8) is 0 Å². The topological polar surface area (TPSA) is 126 Å². The van der Waals surface area contributed by atoms with E-state index in [2.05, 4.69) is 21.3 Å². The van der Waals surface area contributed by atoms with Gasteiger partial charge in [0.2, 0.25) is 0 Å². The predicted octanol–water partition coefficient (Wildman–Crippen LogP) is 1.51. The monoisotopic (exact) mass is 470 g/mol. The highest BCUT2D eigenvalue weighted by molar-refractivity contribution is 8.00. The van der Waals surface area contributed by atoms with E-state index in [1.54, 1.807) is 0 Å². The molecule has 4 heterocycles. The van der Waals surface area contributed by atoms with Crippen molar-refractivity contribution in [3.05, 3.63) is 0 Å². The molecule has 4 rings (SSSR count). The lowest BCUT2D eigenvalue weighted by Gasteiger charge is -2.16. The van der Waals surface area contributed by atoms with Crippen molar-refractivity contribution in [2.45, 2.75) is 86.0 Å². The second-order valence-electron chi connectivity index (χ2n) is 8.58. The summed E-state index contributed by atoms with van der Waals surface area (Å²) >= 11 is 3.72. The van der Waals surface area contributed by atoms with Crippen molar-refractivity contribution < 1.29 is 23.9 Å². The average Bonchev–Trinajstić information content (AvgIpc) is 3.45. The number of rotatable bonds is 10. The van der Waals surface area contributed by atoms with Gasteiger partial charge in [0.05, 0.1) is 24.2 Å². The standard InChI is InChI=1S/C20H30N4O5S2/c25-15(7-3-1-5-13-17-11(9-30-13)21-19(27)23-17)29-16(26)8-4-2-6-14-18-12(10-31-14)22-20(28)24-18/h11-14,17-18H,1-10H2,(H2,21,23,27)(H2,22,24,28)/t11-,12-,13-,14-,17-,18-/m1/s1. The fourth-order valence-corrected chi connectivity index (χ4v) is 7.83. The molecule has 0 spiro atoms. The van der Waals surface area contributed by atoms with E-state index in [0.717, 1.165) is 37.2 Å². The molecule has 4 amide bonds. The summed E-state index contributed by atoms with van der Waals surface area (Å²) in [7, 11) is 0. The molecular weight excluding hydrogens is 440 g/mol. The molecule has 4 saturated heterocycles. The van der Waals surface area contributed by atoms with E-state index in [1.807, 2.05) is 23.5 Å².